The average Bonchev–Trinajstić information content (AvgIpc) is 2.56. The van der Waals surface area contributed by atoms with Crippen LogP contribution in [0.25, 0.3) is 0 Å². The minimum absolute atomic E-state index is 0.0467. The van der Waals surface area contributed by atoms with Gasteiger partial charge in [-0.3, -0.25) is 4.79 Å². The van der Waals surface area contributed by atoms with Gasteiger partial charge in [0.05, 0.1) is 13.2 Å². The molecule has 1 amide bonds. The molecule has 0 saturated carbocycles. The molecule has 0 aromatic heterocycles. The molecule has 0 N–H and O–H groups in total. The molecule has 4 nitrogen and oxygen atoms in total. The van der Waals surface area contributed by atoms with Crippen LogP contribution in [0.1, 0.15) is 15.9 Å². The average molecular weight is 297 g/mol. The van der Waals surface area contributed by atoms with Gasteiger partial charge >= 0.3 is 0 Å². The highest BCUT2D eigenvalue weighted by Crippen LogP contribution is 2.22. The van der Waals surface area contributed by atoms with Gasteiger partial charge in [-0.15, -0.1) is 0 Å². The second-order valence-corrected chi connectivity index (χ2v) is 5.35. The van der Waals surface area contributed by atoms with Crippen LogP contribution in [0.4, 0.5) is 0 Å². The highest BCUT2D eigenvalue weighted by atomic mass is 16.5. The van der Waals surface area contributed by atoms with Crippen LogP contribution >= 0.6 is 0 Å². The first kappa shape index (κ1) is 14.6. The zero-order chi connectivity index (χ0) is 15.4. The van der Waals surface area contributed by atoms with Gasteiger partial charge in [0, 0.05) is 18.7 Å². The number of morpholine rings is 1. The van der Waals surface area contributed by atoms with E-state index >= 15 is 0 Å². The van der Waals surface area contributed by atoms with Gasteiger partial charge in [0.2, 0.25) is 0 Å². The van der Waals surface area contributed by atoms with Crippen LogP contribution in [0.2, 0.25) is 0 Å². The van der Waals surface area contributed by atoms with Gasteiger partial charge in [0.1, 0.15) is 11.5 Å². The van der Waals surface area contributed by atoms with Crippen molar-refractivity contribution in [2.24, 2.45) is 0 Å². The molecule has 2 aromatic rings. The summed E-state index contributed by atoms with van der Waals surface area (Å²) in [5, 5.41) is 0. The van der Waals surface area contributed by atoms with Crippen LogP contribution in [0.15, 0.2) is 48.5 Å². The molecule has 0 bridgehead atoms. The molecule has 3 rings (SSSR count). The Labute approximate surface area is 130 Å². The van der Waals surface area contributed by atoms with Gasteiger partial charge < -0.3 is 14.4 Å². The smallest absolute Gasteiger partial charge is 0.254 e. The van der Waals surface area contributed by atoms with Crippen molar-refractivity contribution in [3.63, 3.8) is 0 Å². The second kappa shape index (κ2) is 6.62. The highest BCUT2D eigenvalue weighted by molar-refractivity contribution is 5.94. The summed E-state index contributed by atoms with van der Waals surface area (Å²) < 4.78 is 11.1. The summed E-state index contributed by atoms with van der Waals surface area (Å²) in [6.45, 7) is 4.55. The van der Waals surface area contributed by atoms with Crippen molar-refractivity contribution in [2.45, 2.75) is 6.92 Å². The zero-order valence-corrected chi connectivity index (χ0v) is 12.6. The first-order chi connectivity index (χ1) is 10.7. The maximum absolute atomic E-state index is 12.3. The van der Waals surface area contributed by atoms with Gasteiger partial charge in [0.15, 0.2) is 0 Å². The number of rotatable bonds is 3. The van der Waals surface area contributed by atoms with Gasteiger partial charge in [0.25, 0.3) is 5.91 Å². The lowest BCUT2D eigenvalue weighted by molar-refractivity contribution is 0.0303. The molecule has 22 heavy (non-hydrogen) atoms. The van der Waals surface area contributed by atoms with Gasteiger partial charge in [-0.25, -0.2) is 0 Å². The van der Waals surface area contributed by atoms with Gasteiger partial charge in [-0.2, -0.15) is 0 Å². The van der Waals surface area contributed by atoms with Crippen molar-refractivity contribution in [3.8, 4) is 11.5 Å². The minimum atomic E-state index is 0.0467. The van der Waals surface area contributed by atoms with E-state index in [0.717, 1.165) is 17.1 Å². The summed E-state index contributed by atoms with van der Waals surface area (Å²) in [6, 6.07) is 15.2. The Balaban J connectivity index is 1.68. The summed E-state index contributed by atoms with van der Waals surface area (Å²) in [5.41, 5.74) is 1.83. The standard InChI is InChI=1S/C18H19NO3/c1-14-3-2-4-17(13-14)22-16-7-5-15(6-8-16)18(20)19-9-11-21-12-10-19/h2-8,13H,9-12H2,1H3. The highest BCUT2D eigenvalue weighted by Gasteiger charge is 2.18. The zero-order valence-electron chi connectivity index (χ0n) is 12.6. The molecule has 4 heteroatoms. The fourth-order valence-electron chi connectivity index (χ4n) is 2.43. The Morgan fingerprint density at radius 1 is 1.05 bits per heavy atom. The molecule has 0 unspecified atom stereocenters. The molecule has 1 saturated heterocycles. The molecule has 114 valence electrons. The number of carbonyl (C=O) groups excluding carboxylic acids is 1. The molecule has 1 aliphatic rings. The lowest BCUT2D eigenvalue weighted by Crippen LogP contribution is -2.40. The first-order valence-electron chi connectivity index (χ1n) is 7.44. The van der Waals surface area contributed by atoms with Crippen LogP contribution in [-0.4, -0.2) is 37.1 Å². The van der Waals surface area contributed by atoms with Crippen molar-refractivity contribution in [1.29, 1.82) is 0 Å². The molecule has 0 aliphatic carbocycles. The third-order valence-corrected chi connectivity index (χ3v) is 3.62. The number of ether oxygens (including phenoxy) is 2. The third-order valence-electron chi connectivity index (χ3n) is 3.62. The fraction of sp³-hybridized carbons (Fsp3) is 0.278. The first-order valence-corrected chi connectivity index (χ1v) is 7.44. The Morgan fingerprint density at radius 2 is 1.77 bits per heavy atom. The van der Waals surface area contributed by atoms with Crippen LogP contribution in [-0.2, 0) is 4.74 Å². The van der Waals surface area contributed by atoms with Crippen molar-refractivity contribution in [1.82, 2.24) is 4.90 Å². The van der Waals surface area contributed by atoms with E-state index in [2.05, 4.69) is 0 Å². The second-order valence-electron chi connectivity index (χ2n) is 5.35. The van der Waals surface area contributed by atoms with E-state index < -0.39 is 0 Å². The molecular formula is C18H19NO3. The molecular weight excluding hydrogens is 278 g/mol. The largest absolute Gasteiger partial charge is 0.457 e. The number of nitrogens with zero attached hydrogens (tertiary/aromatic N) is 1. The number of benzene rings is 2. The molecule has 2 aromatic carbocycles. The van der Waals surface area contributed by atoms with Crippen LogP contribution < -0.4 is 4.74 Å². The Bertz CT molecular complexity index is 646. The van der Waals surface area contributed by atoms with E-state index in [9.17, 15) is 4.79 Å². The monoisotopic (exact) mass is 297 g/mol. The Hall–Kier alpha value is -2.33. The van der Waals surface area contributed by atoms with E-state index in [1.165, 1.54) is 0 Å². The van der Waals surface area contributed by atoms with E-state index in [-0.39, 0.29) is 5.91 Å². The number of hydrogen-bond donors (Lipinski definition) is 0. The number of aryl methyl sites for hydroxylation is 1. The third kappa shape index (κ3) is 3.46. The quantitative estimate of drug-likeness (QED) is 0.873. The minimum Gasteiger partial charge on any atom is -0.457 e. The van der Waals surface area contributed by atoms with Crippen LogP contribution in [0.5, 0.6) is 11.5 Å². The van der Waals surface area contributed by atoms with E-state index in [0.29, 0.717) is 31.9 Å². The number of carbonyl (C=O) groups is 1. The number of amides is 1. The van der Waals surface area contributed by atoms with E-state index in [4.69, 9.17) is 9.47 Å². The van der Waals surface area contributed by atoms with Gasteiger partial charge in [-0.1, -0.05) is 12.1 Å². The molecule has 1 heterocycles. The van der Waals surface area contributed by atoms with Crippen molar-refractivity contribution < 1.29 is 14.3 Å². The lowest BCUT2D eigenvalue weighted by atomic mass is 10.2. The SMILES string of the molecule is Cc1cccc(Oc2ccc(C(=O)N3CCOCC3)cc2)c1. The fourth-order valence-corrected chi connectivity index (χ4v) is 2.43. The normalized spacial score (nSPS) is 14.7. The molecule has 1 fully saturated rings. The topological polar surface area (TPSA) is 38.8 Å². The molecule has 1 aliphatic heterocycles. The van der Waals surface area contributed by atoms with Crippen molar-refractivity contribution >= 4 is 5.91 Å². The summed E-state index contributed by atoms with van der Waals surface area (Å²) in [5.74, 6) is 1.57. The summed E-state index contributed by atoms with van der Waals surface area (Å²) in [6.07, 6.45) is 0. The van der Waals surface area contributed by atoms with E-state index in [1.54, 1.807) is 0 Å². The summed E-state index contributed by atoms with van der Waals surface area (Å²) in [4.78, 5) is 14.2. The number of hydrogen-bond acceptors (Lipinski definition) is 3. The summed E-state index contributed by atoms with van der Waals surface area (Å²) >= 11 is 0. The molecule has 0 atom stereocenters. The van der Waals surface area contributed by atoms with Crippen molar-refractivity contribution in [2.75, 3.05) is 26.3 Å². The Kier molecular flexibility index (Phi) is 4.39. The van der Waals surface area contributed by atoms with E-state index in [1.807, 2.05) is 60.4 Å². The predicted molar refractivity (Wildman–Crippen MR) is 84.4 cm³/mol. The maximum Gasteiger partial charge on any atom is 0.254 e. The molecule has 0 radical (unpaired) electrons. The predicted octanol–water partition coefficient (Wildman–Crippen LogP) is 3.26. The van der Waals surface area contributed by atoms with Crippen LogP contribution in [0.3, 0.4) is 0 Å². The van der Waals surface area contributed by atoms with Gasteiger partial charge in [-0.05, 0) is 48.9 Å². The Morgan fingerprint density at radius 3 is 2.45 bits per heavy atom. The summed E-state index contributed by atoms with van der Waals surface area (Å²) in [7, 11) is 0. The molecule has 0 spiro atoms. The van der Waals surface area contributed by atoms with Crippen molar-refractivity contribution in [3.05, 3.63) is 59.7 Å². The lowest BCUT2D eigenvalue weighted by Gasteiger charge is -2.26. The maximum atomic E-state index is 12.3. The van der Waals surface area contributed by atoms with Crippen LogP contribution in [0, 0.1) is 6.92 Å².